The normalized spacial score (nSPS) is 15.8. The van der Waals surface area contributed by atoms with E-state index in [0.29, 0.717) is 17.9 Å². The first-order valence-electron chi connectivity index (χ1n) is 6.67. The number of nitrogens with one attached hydrogen (secondary N) is 1. The van der Waals surface area contributed by atoms with Crippen LogP contribution < -0.4 is 11.1 Å². The first-order valence-corrected chi connectivity index (χ1v) is 6.67. The summed E-state index contributed by atoms with van der Waals surface area (Å²) in [5, 5.41) is 2.83. The summed E-state index contributed by atoms with van der Waals surface area (Å²) in [5.41, 5.74) is 7.28. The second kappa shape index (κ2) is 5.85. The molecular weight excluding hydrogens is 226 g/mol. The molecule has 0 spiro atoms. The minimum Gasteiger partial charge on any atom is -0.397 e. The molecule has 0 radical (unpaired) electrons. The molecule has 0 bridgehead atoms. The van der Waals surface area contributed by atoms with Crippen LogP contribution in [0.5, 0.6) is 0 Å². The molecule has 1 amide bonds. The Bertz CT molecular complexity index is 425. The minimum atomic E-state index is 0.0542. The Balaban J connectivity index is 1.80. The van der Waals surface area contributed by atoms with Gasteiger partial charge in [0.2, 0.25) is 5.91 Å². The van der Waals surface area contributed by atoms with Crippen molar-refractivity contribution >= 4 is 17.4 Å². The highest BCUT2D eigenvalue weighted by molar-refractivity contribution is 5.89. The van der Waals surface area contributed by atoms with Crippen molar-refractivity contribution in [3.05, 3.63) is 17.8 Å². The first kappa shape index (κ1) is 12.9. The molecule has 1 heterocycles. The Morgan fingerprint density at radius 1 is 1.50 bits per heavy atom. The smallest absolute Gasteiger partial charge is 0.225 e. The van der Waals surface area contributed by atoms with Crippen LogP contribution in [0.2, 0.25) is 0 Å². The lowest BCUT2D eigenvalue weighted by Gasteiger charge is -2.09. The predicted octanol–water partition coefficient (Wildman–Crippen LogP) is 2.88. The number of carbonyl (C=O) groups is 1. The van der Waals surface area contributed by atoms with Gasteiger partial charge >= 0.3 is 0 Å². The van der Waals surface area contributed by atoms with Crippen molar-refractivity contribution in [2.75, 3.05) is 11.1 Å². The fourth-order valence-corrected chi connectivity index (χ4v) is 2.47. The number of nitrogens with zero attached hydrogens (tertiary/aromatic N) is 1. The second-order valence-corrected chi connectivity index (χ2v) is 5.16. The van der Waals surface area contributed by atoms with Crippen molar-refractivity contribution in [2.24, 2.45) is 5.92 Å². The Labute approximate surface area is 108 Å². The van der Waals surface area contributed by atoms with Gasteiger partial charge in [0.15, 0.2) is 0 Å². The molecule has 3 N–H and O–H groups in total. The maximum absolute atomic E-state index is 11.8. The van der Waals surface area contributed by atoms with Crippen molar-refractivity contribution in [1.29, 1.82) is 0 Å². The summed E-state index contributed by atoms with van der Waals surface area (Å²) in [6.45, 7) is 1.91. The van der Waals surface area contributed by atoms with Gasteiger partial charge in [-0.2, -0.15) is 0 Å². The van der Waals surface area contributed by atoms with Gasteiger partial charge in [-0.05, 0) is 30.9 Å². The molecule has 2 rings (SSSR count). The van der Waals surface area contributed by atoms with E-state index in [-0.39, 0.29) is 5.91 Å². The van der Waals surface area contributed by atoms with E-state index in [4.69, 9.17) is 5.73 Å². The number of nitrogens with two attached hydrogens (primary N) is 1. The molecule has 0 saturated heterocycles. The molecule has 4 heteroatoms. The van der Waals surface area contributed by atoms with Crippen molar-refractivity contribution in [3.63, 3.8) is 0 Å². The first-order chi connectivity index (χ1) is 8.65. The third-order valence-electron chi connectivity index (χ3n) is 3.67. The van der Waals surface area contributed by atoms with Crippen LogP contribution in [0.4, 0.5) is 11.5 Å². The summed E-state index contributed by atoms with van der Waals surface area (Å²) in [7, 11) is 0. The molecule has 1 aliphatic rings. The Kier molecular flexibility index (Phi) is 4.18. The third kappa shape index (κ3) is 3.45. The van der Waals surface area contributed by atoms with Crippen LogP contribution in [0.3, 0.4) is 0 Å². The van der Waals surface area contributed by atoms with Gasteiger partial charge in [0.1, 0.15) is 5.82 Å². The SMILES string of the molecule is Cc1cc(NC(=O)CCC2CCCC2)ncc1N. The molecule has 0 aromatic carbocycles. The van der Waals surface area contributed by atoms with Crippen LogP contribution in [0.25, 0.3) is 0 Å². The maximum Gasteiger partial charge on any atom is 0.225 e. The zero-order valence-electron chi connectivity index (χ0n) is 10.9. The molecule has 1 aromatic rings. The van der Waals surface area contributed by atoms with Gasteiger partial charge in [-0.25, -0.2) is 4.98 Å². The number of hydrogen-bond donors (Lipinski definition) is 2. The number of rotatable bonds is 4. The highest BCUT2D eigenvalue weighted by Gasteiger charge is 2.16. The van der Waals surface area contributed by atoms with Crippen molar-refractivity contribution in [3.8, 4) is 0 Å². The molecule has 1 aromatic heterocycles. The lowest BCUT2D eigenvalue weighted by molar-refractivity contribution is -0.116. The van der Waals surface area contributed by atoms with E-state index in [2.05, 4.69) is 10.3 Å². The van der Waals surface area contributed by atoms with Gasteiger partial charge in [-0.3, -0.25) is 4.79 Å². The number of aryl methyl sites for hydroxylation is 1. The van der Waals surface area contributed by atoms with Crippen LogP contribution >= 0.6 is 0 Å². The van der Waals surface area contributed by atoms with Crippen LogP contribution in [-0.2, 0) is 4.79 Å². The molecule has 98 valence electrons. The highest BCUT2D eigenvalue weighted by Crippen LogP contribution is 2.28. The Hall–Kier alpha value is -1.58. The van der Waals surface area contributed by atoms with Crippen molar-refractivity contribution in [1.82, 2.24) is 4.98 Å². The van der Waals surface area contributed by atoms with Crippen molar-refractivity contribution in [2.45, 2.75) is 45.4 Å². The van der Waals surface area contributed by atoms with Gasteiger partial charge in [-0.15, -0.1) is 0 Å². The monoisotopic (exact) mass is 247 g/mol. The zero-order valence-corrected chi connectivity index (χ0v) is 10.9. The molecular formula is C14H21N3O. The maximum atomic E-state index is 11.8. The Morgan fingerprint density at radius 3 is 2.89 bits per heavy atom. The number of aromatic nitrogens is 1. The van der Waals surface area contributed by atoms with E-state index in [1.165, 1.54) is 25.7 Å². The largest absolute Gasteiger partial charge is 0.397 e. The molecule has 0 unspecified atom stereocenters. The van der Waals surface area contributed by atoms with Crippen LogP contribution in [0.15, 0.2) is 12.3 Å². The van der Waals surface area contributed by atoms with E-state index in [9.17, 15) is 4.79 Å². The standard InChI is InChI=1S/C14H21N3O/c1-10-8-13(16-9-12(10)15)17-14(18)7-6-11-4-2-3-5-11/h8-9,11H,2-7,15H2,1H3,(H,16,17,18). The molecule has 0 aliphatic heterocycles. The van der Waals surface area contributed by atoms with Gasteiger partial charge in [0, 0.05) is 6.42 Å². The highest BCUT2D eigenvalue weighted by atomic mass is 16.1. The third-order valence-corrected chi connectivity index (χ3v) is 3.67. The summed E-state index contributed by atoms with van der Waals surface area (Å²) in [4.78, 5) is 15.9. The number of amides is 1. The zero-order chi connectivity index (χ0) is 13.0. The van der Waals surface area contributed by atoms with E-state index in [1.54, 1.807) is 6.20 Å². The molecule has 1 saturated carbocycles. The van der Waals surface area contributed by atoms with Crippen LogP contribution in [0.1, 0.15) is 44.1 Å². The topological polar surface area (TPSA) is 68.0 Å². The van der Waals surface area contributed by atoms with Gasteiger partial charge in [-0.1, -0.05) is 25.7 Å². The van der Waals surface area contributed by atoms with Gasteiger partial charge in [0.05, 0.1) is 11.9 Å². The molecule has 1 aliphatic carbocycles. The number of anilines is 2. The summed E-state index contributed by atoms with van der Waals surface area (Å²) in [6.07, 6.45) is 8.40. The molecule has 1 fully saturated rings. The average Bonchev–Trinajstić information content (AvgIpc) is 2.84. The van der Waals surface area contributed by atoms with Crippen LogP contribution in [-0.4, -0.2) is 10.9 Å². The Morgan fingerprint density at radius 2 is 2.22 bits per heavy atom. The lowest BCUT2D eigenvalue weighted by Crippen LogP contribution is -2.14. The average molecular weight is 247 g/mol. The van der Waals surface area contributed by atoms with E-state index < -0.39 is 0 Å². The second-order valence-electron chi connectivity index (χ2n) is 5.16. The van der Waals surface area contributed by atoms with Gasteiger partial charge in [0.25, 0.3) is 0 Å². The van der Waals surface area contributed by atoms with E-state index >= 15 is 0 Å². The number of carbonyl (C=O) groups excluding carboxylic acids is 1. The lowest BCUT2D eigenvalue weighted by atomic mass is 10.0. The fraction of sp³-hybridized carbons (Fsp3) is 0.571. The predicted molar refractivity (Wildman–Crippen MR) is 73.2 cm³/mol. The van der Waals surface area contributed by atoms with Crippen LogP contribution in [0, 0.1) is 12.8 Å². The molecule has 18 heavy (non-hydrogen) atoms. The van der Waals surface area contributed by atoms with Crippen molar-refractivity contribution < 1.29 is 4.79 Å². The number of hydrogen-bond acceptors (Lipinski definition) is 3. The van der Waals surface area contributed by atoms with Gasteiger partial charge < -0.3 is 11.1 Å². The number of pyridine rings is 1. The summed E-state index contributed by atoms with van der Waals surface area (Å²) < 4.78 is 0. The summed E-state index contributed by atoms with van der Waals surface area (Å²) in [6, 6.07) is 1.81. The molecule has 0 atom stereocenters. The fourth-order valence-electron chi connectivity index (χ4n) is 2.47. The summed E-state index contributed by atoms with van der Waals surface area (Å²) >= 11 is 0. The molecule has 4 nitrogen and oxygen atoms in total. The minimum absolute atomic E-state index is 0.0542. The van der Waals surface area contributed by atoms with E-state index in [0.717, 1.165) is 17.9 Å². The quantitative estimate of drug-likeness (QED) is 0.859. The number of nitrogen functional groups attached to an aromatic ring is 1. The summed E-state index contributed by atoms with van der Waals surface area (Å²) in [5.74, 6) is 1.40. The van der Waals surface area contributed by atoms with E-state index in [1.807, 2.05) is 13.0 Å².